The highest BCUT2D eigenvalue weighted by molar-refractivity contribution is 6.34. The molecule has 3 N–H and O–H groups in total. The molecular formula is C21H21ClN2O3. The Balaban J connectivity index is 1.70. The van der Waals surface area contributed by atoms with Crippen molar-refractivity contribution in [1.82, 2.24) is 4.98 Å². The summed E-state index contributed by atoms with van der Waals surface area (Å²) in [5.74, 6) is -0.331. The summed E-state index contributed by atoms with van der Waals surface area (Å²) in [5, 5.41) is 20.9. The summed E-state index contributed by atoms with van der Waals surface area (Å²) in [6.45, 7) is 3.12. The van der Waals surface area contributed by atoms with Gasteiger partial charge in [0.2, 0.25) is 5.88 Å². The molecule has 6 heteroatoms. The van der Waals surface area contributed by atoms with E-state index in [1.54, 1.807) is 6.07 Å². The number of aromatic amines is 1. The Hall–Kier alpha value is -2.50. The molecule has 0 bridgehead atoms. The van der Waals surface area contributed by atoms with Crippen LogP contribution in [0.3, 0.4) is 0 Å². The molecule has 0 unspecified atom stereocenters. The number of aromatic hydroxyl groups is 1. The van der Waals surface area contributed by atoms with Crippen LogP contribution >= 0.6 is 11.6 Å². The average Bonchev–Trinajstić information content (AvgIpc) is 2.96. The Morgan fingerprint density at radius 2 is 1.85 bits per heavy atom. The highest BCUT2D eigenvalue weighted by Gasteiger charge is 2.19. The number of anilines is 1. The highest BCUT2D eigenvalue weighted by atomic mass is 35.5. The number of piperidine rings is 1. The summed E-state index contributed by atoms with van der Waals surface area (Å²) in [6, 6.07) is 11.7. The molecule has 1 saturated heterocycles. The van der Waals surface area contributed by atoms with Gasteiger partial charge in [0.25, 0.3) is 0 Å². The molecule has 0 spiro atoms. The molecule has 1 fully saturated rings. The number of carbonyl (C=O) groups excluding carboxylic acids is 1. The van der Waals surface area contributed by atoms with Crippen LogP contribution in [0.5, 0.6) is 5.88 Å². The van der Waals surface area contributed by atoms with Crippen molar-refractivity contribution < 1.29 is 15.0 Å². The Labute approximate surface area is 162 Å². The van der Waals surface area contributed by atoms with E-state index in [1.165, 1.54) is 6.92 Å². The van der Waals surface area contributed by atoms with E-state index in [2.05, 4.69) is 9.88 Å². The second-order valence-corrected chi connectivity index (χ2v) is 7.45. The van der Waals surface area contributed by atoms with Crippen molar-refractivity contribution >= 4 is 34.0 Å². The van der Waals surface area contributed by atoms with Crippen molar-refractivity contribution in [3.05, 3.63) is 47.0 Å². The van der Waals surface area contributed by atoms with E-state index in [4.69, 9.17) is 11.6 Å². The fourth-order valence-corrected chi connectivity index (χ4v) is 4.03. The lowest BCUT2D eigenvalue weighted by Gasteiger charge is -2.31. The molecule has 2 heterocycles. The van der Waals surface area contributed by atoms with Gasteiger partial charge in [0.1, 0.15) is 0 Å². The zero-order valence-corrected chi connectivity index (χ0v) is 15.8. The van der Waals surface area contributed by atoms with Gasteiger partial charge in [0.05, 0.1) is 22.2 Å². The van der Waals surface area contributed by atoms with Crippen LogP contribution in [0.2, 0.25) is 5.02 Å². The van der Waals surface area contributed by atoms with Crippen molar-refractivity contribution in [1.29, 1.82) is 0 Å². The number of aliphatic hydroxyl groups is 1. The predicted molar refractivity (Wildman–Crippen MR) is 108 cm³/mol. The van der Waals surface area contributed by atoms with Gasteiger partial charge in [0, 0.05) is 29.7 Å². The van der Waals surface area contributed by atoms with E-state index in [0.29, 0.717) is 15.9 Å². The third-order valence-corrected chi connectivity index (χ3v) is 5.54. The second-order valence-electron chi connectivity index (χ2n) is 7.05. The largest absolute Gasteiger partial charge is 0.494 e. The fourth-order valence-electron chi connectivity index (χ4n) is 3.75. The quantitative estimate of drug-likeness (QED) is 0.586. The minimum Gasteiger partial charge on any atom is -0.494 e. The van der Waals surface area contributed by atoms with Crippen LogP contribution in [0.15, 0.2) is 36.4 Å². The first kappa shape index (κ1) is 17.9. The smallest absolute Gasteiger partial charge is 0.200 e. The maximum Gasteiger partial charge on any atom is 0.200 e. The normalized spacial score (nSPS) is 15.4. The minimum absolute atomic E-state index is 0.131. The summed E-state index contributed by atoms with van der Waals surface area (Å²) in [6.07, 6.45) is 1.38. The molecule has 140 valence electrons. The van der Waals surface area contributed by atoms with Crippen LogP contribution in [0.4, 0.5) is 5.69 Å². The number of nitrogens with one attached hydrogen (secondary N) is 1. The molecule has 0 atom stereocenters. The average molecular weight is 385 g/mol. The molecule has 3 aromatic rings. The van der Waals surface area contributed by atoms with Gasteiger partial charge in [-0.05, 0) is 49.6 Å². The zero-order valence-electron chi connectivity index (χ0n) is 15.0. The van der Waals surface area contributed by atoms with Crippen molar-refractivity contribution in [2.24, 2.45) is 0 Å². The van der Waals surface area contributed by atoms with E-state index in [9.17, 15) is 15.0 Å². The van der Waals surface area contributed by atoms with Gasteiger partial charge >= 0.3 is 0 Å². The lowest BCUT2D eigenvalue weighted by Crippen LogP contribution is -2.35. The van der Waals surface area contributed by atoms with Crippen LogP contribution in [-0.4, -0.2) is 40.2 Å². The number of aromatic nitrogens is 1. The number of fused-ring (bicyclic) bond motifs is 1. The lowest BCUT2D eigenvalue weighted by atomic mass is 10.0. The molecule has 2 aromatic carbocycles. The second kappa shape index (κ2) is 6.91. The van der Waals surface area contributed by atoms with Crippen LogP contribution in [0, 0.1) is 0 Å². The van der Waals surface area contributed by atoms with Crippen LogP contribution in [0.25, 0.3) is 22.0 Å². The number of hydrogen-bond acceptors (Lipinski definition) is 4. The molecule has 1 aliphatic heterocycles. The van der Waals surface area contributed by atoms with Gasteiger partial charge in [-0.25, -0.2) is 0 Å². The first-order chi connectivity index (χ1) is 12.9. The standard InChI is InChI=1S/C21H21ClN2O3/c1-12(25)20-17-10-16(18(22)11-19(17)23-21(20)27)13-2-4-14(5-3-13)24-8-6-15(26)7-9-24/h2-5,10-11,15,23,26-27H,6-9H2,1H3. The van der Waals surface area contributed by atoms with Gasteiger partial charge in [-0.2, -0.15) is 0 Å². The van der Waals surface area contributed by atoms with E-state index in [-0.39, 0.29) is 23.3 Å². The first-order valence-corrected chi connectivity index (χ1v) is 9.40. The lowest BCUT2D eigenvalue weighted by molar-refractivity contribution is 0.101. The summed E-state index contributed by atoms with van der Waals surface area (Å²) in [5.41, 5.74) is 3.79. The molecule has 5 nitrogen and oxygen atoms in total. The summed E-state index contributed by atoms with van der Waals surface area (Å²) >= 11 is 6.46. The minimum atomic E-state index is -0.199. The third kappa shape index (κ3) is 3.29. The number of hydrogen-bond donors (Lipinski definition) is 3. The van der Waals surface area contributed by atoms with Gasteiger partial charge < -0.3 is 20.1 Å². The number of aliphatic hydroxyl groups excluding tert-OH is 1. The summed E-state index contributed by atoms with van der Waals surface area (Å²) in [4.78, 5) is 17.0. The Morgan fingerprint density at radius 1 is 1.19 bits per heavy atom. The molecule has 1 aliphatic rings. The number of ketones is 1. The maximum atomic E-state index is 11.9. The number of H-pyrrole nitrogens is 1. The van der Waals surface area contributed by atoms with Gasteiger partial charge in [-0.15, -0.1) is 0 Å². The fraction of sp³-hybridized carbons (Fsp3) is 0.286. The topological polar surface area (TPSA) is 76.6 Å². The Bertz CT molecular complexity index is 1000. The van der Waals surface area contributed by atoms with Crippen molar-refractivity contribution in [2.45, 2.75) is 25.9 Å². The number of nitrogens with zero attached hydrogens (tertiary/aromatic N) is 1. The number of carbonyl (C=O) groups is 1. The molecule has 4 rings (SSSR count). The first-order valence-electron chi connectivity index (χ1n) is 9.02. The van der Waals surface area contributed by atoms with E-state index in [0.717, 1.165) is 42.7 Å². The number of Topliss-reactive ketones (excluding diaryl/α,β-unsaturated/α-hetero) is 1. The highest BCUT2D eigenvalue weighted by Crippen LogP contribution is 2.37. The Morgan fingerprint density at radius 3 is 2.48 bits per heavy atom. The molecule has 1 aromatic heterocycles. The van der Waals surface area contributed by atoms with Gasteiger partial charge in [-0.1, -0.05) is 23.7 Å². The molecule has 0 aliphatic carbocycles. The van der Waals surface area contributed by atoms with Crippen molar-refractivity contribution in [3.63, 3.8) is 0 Å². The summed E-state index contributed by atoms with van der Waals surface area (Å²) < 4.78 is 0. The molecule has 0 radical (unpaired) electrons. The number of rotatable bonds is 3. The van der Waals surface area contributed by atoms with Crippen LogP contribution in [0.1, 0.15) is 30.1 Å². The monoisotopic (exact) mass is 384 g/mol. The molecule has 0 saturated carbocycles. The Kier molecular flexibility index (Phi) is 4.58. The maximum absolute atomic E-state index is 11.9. The predicted octanol–water partition coefficient (Wildman–Crippen LogP) is 4.36. The zero-order chi connectivity index (χ0) is 19.1. The molecular weight excluding hydrogens is 364 g/mol. The van der Waals surface area contributed by atoms with Crippen molar-refractivity contribution in [2.75, 3.05) is 18.0 Å². The van der Waals surface area contributed by atoms with E-state index >= 15 is 0 Å². The van der Waals surface area contributed by atoms with Crippen LogP contribution < -0.4 is 4.90 Å². The SMILES string of the molecule is CC(=O)c1c(O)[nH]c2cc(Cl)c(-c3ccc(N4CCC(O)CC4)cc3)cc12. The van der Waals surface area contributed by atoms with Crippen LogP contribution in [-0.2, 0) is 0 Å². The summed E-state index contributed by atoms with van der Waals surface area (Å²) in [7, 11) is 0. The van der Waals surface area contributed by atoms with E-state index in [1.807, 2.05) is 30.3 Å². The van der Waals surface area contributed by atoms with Gasteiger partial charge in [0.15, 0.2) is 5.78 Å². The number of benzene rings is 2. The van der Waals surface area contributed by atoms with Gasteiger partial charge in [-0.3, -0.25) is 4.79 Å². The third-order valence-electron chi connectivity index (χ3n) is 5.23. The van der Waals surface area contributed by atoms with Crippen molar-refractivity contribution in [3.8, 4) is 17.0 Å². The van der Waals surface area contributed by atoms with E-state index < -0.39 is 0 Å². The molecule has 0 amide bonds. The number of halogens is 1. The molecule has 27 heavy (non-hydrogen) atoms.